The first-order chi connectivity index (χ1) is 13.3. The summed E-state index contributed by atoms with van der Waals surface area (Å²) in [6.45, 7) is 12.5. The van der Waals surface area contributed by atoms with Gasteiger partial charge in [0.2, 0.25) is 0 Å². The van der Waals surface area contributed by atoms with E-state index >= 15 is 0 Å². The molecule has 4 atom stereocenters. The molecular formula is C23H38ClNO2Si. The summed E-state index contributed by atoms with van der Waals surface area (Å²) in [5.41, 5.74) is 1.57. The summed E-state index contributed by atoms with van der Waals surface area (Å²) in [5.74, 6) is 2.63. The Morgan fingerprint density at radius 1 is 1.14 bits per heavy atom. The van der Waals surface area contributed by atoms with Crippen molar-refractivity contribution in [2.45, 2.75) is 77.7 Å². The van der Waals surface area contributed by atoms with Crippen LogP contribution in [0.25, 0.3) is 0 Å². The predicted octanol–water partition coefficient (Wildman–Crippen LogP) is 6.44. The lowest BCUT2D eigenvalue weighted by Crippen LogP contribution is -2.41. The molecule has 0 bridgehead atoms. The molecule has 0 spiro atoms. The van der Waals surface area contributed by atoms with Crippen molar-refractivity contribution >= 4 is 19.9 Å². The molecule has 1 N–H and O–H groups in total. The number of methoxy groups -OCH3 is 1. The van der Waals surface area contributed by atoms with E-state index in [1.807, 2.05) is 18.2 Å². The molecule has 1 aromatic rings. The van der Waals surface area contributed by atoms with Crippen molar-refractivity contribution in [2.75, 3.05) is 13.7 Å². The fourth-order valence-corrected chi connectivity index (χ4v) is 8.55. The zero-order chi connectivity index (χ0) is 20.5. The maximum Gasteiger partial charge on any atom is 0.192 e. The van der Waals surface area contributed by atoms with E-state index in [1.54, 1.807) is 7.11 Å². The van der Waals surface area contributed by atoms with Crippen LogP contribution in [-0.2, 0) is 4.43 Å². The summed E-state index contributed by atoms with van der Waals surface area (Å²) in [6, 6.07) is 9.89. The number of nitrogens with one attached hydrogen (secondary N) is 1. The van der Waals surface area contributed by atoms with Gasteiger partial charge in [0, 0.05) is 18.2 Å². The zero-order valence-electron chi connectivity index (χ0n) is 18.5. The van der Waals surface area contributed by atoms with E-state index in [0.717, 1.165) is 52.8 Å². The number of halogens is 1. The Labute approximate surface area is 177 Å². The molecule has 1 aromatic carbocycles. The summed E-state index contributed by atoms with van der Waals surface area (Å²) in [4.78, 5) is 0. The van der Waals surface area contributed by atoms with Crippen molar-refractivity contribution in [3.05, 3.63) is 28.8 Å². The third kappa shape index (κ3) is 4.16. The van der Waals surface area contributed by atoms with Gasteiger partial charge in [-0.05, 0) is 60.4 Å². The highest BCUT2D eigenvalue weighted by Gasteiger charge is 2.61. The molecule has 28 heavy (non-hydrogen) atoms. The minimum Gasteiger partial charge on any atom is -0.496 e. The molecule has 2 saturated carbocycles. The topological polar surface area (TPSA) is 30.5 Å². The molecule has 0 amide bonds. The molecule has 3 nitrogen and oxygen atoms in total. The number of hydrogen-bond acceptors (Lipinski definition) is 3. The van der Waals surface area contributed by atoms with Crippen LogP contribution in [0.1, 0.15) is 59.1 Å². The van der Waals surface area contributed by atoms with Crippen molar-refractivity contribution in [2.24, 2.45) is 17.3 Å². The van der Waals surface area contributed by atoms with E-state index in [2.05, 4.69) is 39.9 Å². The summed E-state index contributed by atoms with van der Waals surface area (Å²) < 4.78 is 12.6. The highest BCUT2D eigenvalue weighted by molar-refractivity contribution is 6.73. The molecule has 0 radical (unpaired) electrons. The van der Waals surface area contributed by atoms with E-state index < -0.39 is 8.32 Å². The largest absolute Gasteiger partial charge is 0.496 e. The van der Waals surface area contributed by atoms with Gasteiger partial charge in [0.1, 0.15) is 5.75 Å². The molecule has 0 aromatic heterocycles. The van der Waals surface area contributed by atoms with Crippen LogP contribution in [0.2, 0.25) is 23.2 Å². The summed E-state index contributed by atoms with van der Waals surface area (Å²) in [5, 5.41) is 4.58. The van der Waals surface area contributed by atoms with Crippen LogP contribution in [0.15, 0.2) is 18.2 Å². The van der Waals surface area contributed by atoms with Gasteiger partial charge >= 0.3 is 0 Å². The van der Waals surface area contributed by atoms with E-state index in [-0.39, 0.29) is 6.10 Å². The van der Waals surface area contributed by atoms with Crippen molar-refractivity contribution in [3.8, 4) is 5.75 Å². The number of fused-ring (bicyclic) bond motifs is 1. The number of rotatable bonds is 10. The second-order valence-corrected chi connectivity index (χ2v) is 14.4. The average molecular weight is 424 g/mol. The zero-order valence-corrected chi connectivity index (χ0v) is 20.2. The van der Waals surface area contributed by atoms with Crippen LogP contribution < -0.4 is 10.1 Å². The Bertz CT molecular complexity index is 654. The molecule has 158 valence electrons. The third-order valence-corrected chi connectivity index (χ3v) is 12.8. The highest BCUT2D eigenvalue weighted by Crippen LogP contribution is 2.66. The lowest BCUT2D eigenvalue weighted by atomic mass is 9.97. The van der Waals surface area contributed by atoms with Gasteiger partial charge in [-0.15, -0.1) is 0 Å². The molecule has 3 rings (SSSR count). The molecule has 0 heterocycles. The SMILES string of the molecule is CC[Si](CC)(CC)OC(CN[C@H]1C[C@@H]2[C@H](C1)C2(C)C)c1c(Cl)cccc1OC. The second kappa shape index (κ2) is 8.67. The first-order valence-electron chi connectivity index (χ1n) is 11.1. The molecule has 2 aliphatic rings. The smallest absolute Gasteiger partial charge is 0.192 e. The van der Waals surface area contributed by atoms with Gasteiger partial charge in [-0.3, -0.25) is 0 Å². The van der Waals surface area contributed by atoms with Crippen molar-refractivity contribution in [1.82, 2.24) is 5.32 Å². The molecule has 1 unspecified atom stereocenters. The van der Waals surface area contributed by atoms with Crippen molar-refractivity contribution < 1.29 is 9.16 Å². The van der Waals surface area contributed by atoms with Crippen molar-refractivity contribution in [1.29, 1.82) is 0 Å². The van der Waals surface area contributed by atoms with Gasteiger partial charge in [0.05, 0.1) is 18.2 Å². The summed E-state index contributed by atoms with van der Waals surface area (Å²) >= 11 is 6.65. The predicted molar refractivity (Wildman–Crippen MR) is 121 cm³/mol. The Morgan fingerprint density at radius 2 is 1.75 bits per heavy atom. The van der Waals surface area contributed by atoms with Crippen LogP contribution in [-0.4, -0.2) is 28.0 Å². The Hall–Kier alpha value is -0.553. The average Bonchev–Trinajstić information content (AvgIpc) is 3.02. The first kappa shape index (κ1) is 22.1. The number of benzene rings is 1. The molecular weight excluding hydrogens is 386 g/mol. The van der Waals surface area contributed by atoms with Gasteiger partial charge in [-0.25, -0.2) is 0 Å². The Balaban J connectivity index is 1.77. The van der Waals surface area contributed by atoms with Crippen LogP contribution >= 0.6 is 11.6 Å². The van der Waals surface area contributed by atoms with Gasteiger partial charge in [0.25, 0.3) is 0 Å². The maximum absolute atomic E-state index is 6.95. The first-order valence-corrected chi connectivity index (χ1v) is 14.0. The molecule has 2 aliphatic carbocycles. The number of hydrogen-bond donors (Lipinski definition) is 1. The quantitative estimate of drug-likeness (QED) is 0.439. The van der Waals surface area contributed by atoms with Gasteiger partial charge < -0.3 is 14.5 Å². The molecule has 2 fully saturated rings. The fourth-order valence-electron chi connectivity index (χ4n) is 5.46. The highest BCUT2D eigenvalue weighted by atomic mass is 35.5. The van der Waals surface area contributed by atoms with E-state index in [4.69, 9.17) is 20.8 Å². The second-order valence-electron chi connectivity index (χ2n) is 9.32. The molecule has 5 heteroatoms. The Kier molecular flexibility index (Phi) is 6.85. The van der Waals surface area contributed by atoms with Crippen LogP contribution in [0.3, 0.4) is 0 Å². The fraction of sp³-hybridized carbons (Fsp3) is 0.739. The standard InChI is InChI=1S/C23H38ClNO2Si/c1-7-28(8-2,9-3)27-21(22-19(24)11-10-12-20(22)26-6)15-25-16-13-17-18(14-16)23(17,4)5/h10-12,16-18,21,25H,7-9,13-15H2,1-6H3/t16-,17+,18-,21?. The lowest BCUT2D eigenvalue weighted by molar-refractivity contribution is 0.175. The van der Waals surface area contributed by atoms with Crippen LogP contribution in [0.4, 0.5) is 0 Å². The maximum atomic E-state index is 6.95. The minimum atomic E-state index is -1.78. The van der Waals surface area contributed by atoms with Gasteiger partial charge in [-0.1, -0.05) is 52.3 Å². The van der Waals surface area contributed by atoms with E-state index in [9.17, 15) is 0 Å². The van der Waals surface area contributed by atoms with Crippen LogP contribution in [0.5, 0.6) is 5.75 Å². The lowest BCUT2D eigenvalue weighted by Gasteiger charge is -2.35. The minimum absolute atomic E-state index is 0.0555. The third-order valence-electron chi connectivity index (χ3n) is 7.84. The normalized spacial score (nSPS) is 26.8. The Morgan fingerprint density at radius 3 is 2.29 bits per heavy atom. The number of ether oxygens (including phenoxy) is 1. The van der Waals surface area contributed by atoms with Gasteiger partial charge in [-0.2, -0.15) is 0 Å². The van der Waals surface area contributed by atoms with E-state index in [1.165, 1.54) is 12.8 Å². The molecule has 0 saturated heterocycles. The van der Waals surface area contributed by atoms with Crippen molar-refractivity contribution in [3.63, 3.8) is 0 Å². The van der Waals surface area contributed by atoms with E-state index in [0.29, 0.717) is 11.5 Å². The molecule has 0 aliphatic heterocycles. The summed E-state index contributed by atoms with van der Waals surface area (Å²) in [7, 11) is -0.0620. The van der Waals surface area contributed by atoms with Crippen LogP contribution in [0, 0.1) is 17.3 Å². The van der Waals surface area contributed by atoms with Gasteiger partial charge in [0.15, 0.2) is 8.32 Å². The monoisotopic (exact) mass is 423 g/mol. The summed E-state index contributed by atoms with van der Waals surface area (Å²) in [6.07, 6.45) is 2.53.